The molecule has 0 aliphatic heterocycles. The van der Waals surface area contributed by atoms with Crippen molar-refractivity contribution in [2.24, 2.45) is 0 Å². The smallest absolute Gasteiger partial charge is 0.280 e. The maximum atomic E-state index is 13.5. The fourth-order valence-corrected chi connectivity index (χ4v) is 3.36. The number of amides is 2. The molecule has 1 aromatic carbocycles. The molecule has 7 nitrogen and oxygen atoms in total. The van der Waals surface area contributed by atoms with E-state index in [0.29, 0.717) is 17.2 Å². The lowest BCUT2D eigenvalue weighted by molar-refractivity contribution is -0.124. The van der Waals surface area contributed by atoms with Crippen molar-refractivity contribution in [1.82, 2.24) is 14.9 Å². The van der Waals surface area contributed by atoms with Crippen molar-refractivity contribution in [2.45, 2.75) is 52.6 Å². The highest BCUT2D eigenvalue weighted by Gasteiger charge is 2.38. The van der Waals surface area contributed by atoms with Crippen LogP contribution in [0.15, 0.2) is 46.2 Å². The summed E-state index contributed by atoms with van der Waals surface area (Å²) in [6, 6.07) is 9.93. The van der Waals surface area contributed by atoms with Gasteiger partial charge in [-0.25, -0.2) is 0 Å². The zero-order valence-electron chi connectivity index (χ0n) is 17.8. The van der Waals surface area contributed by atoms with E-state index in [4.69, 9.17) is 4.42 Å². The maximum absolute atomic E-state index is 13.5. The number of nitrogens with one attached hydrogen (secondary N) is 1. The standard InChI is InChI=1S/C22H26N4O3S/c1-6-22(4,5)23-20(27)19(18-12-9-15(3)29-18)26(16-10-7-14(2)8-11-16)21(28)17-13-30-25-24-17/h7-13,19H,6H2,1-5H3,(H,23,27). The second-order valence-corrected chi connectivity index (χ2v) is 8.49. The van der Waals surface area contributed by atoms with Crippen molar-refractivity contribution in [3.63, 3.8) is 0 Å². The molecule has 1 N–H and O–H groups in total. The first kappa shape index (κ1) is 21.7. The number of furan rings is 1. The van der Waals surface area contributed by atoms with E-state index in [2.05, 4.69) is 14.9 Å². The number of nitrogens with zero attached hydrogens (tertiary/aromatic N) is 3. The zero-order valence-corrected chi connectivity index (χ0v) is 18.6. The lowest BCUT2D eigenvalue weighted by Gasteiger charge is -2.33. The van der Waals surface area contributed by atoms with Gasteiger partial charge in [0, 0.05) is 16.6 Å². The second-order valence-electron chi connectivity index (χ2n) is 7.88. The fourth-order valence-electron chi connectivity index (χ4n) is 2.93. The molecule has 0 fully saturated rings. The molecule has 0 bridgehead atoms. The quantitative estimate of drug-likeness (QED) is 0.603. The van der Waals surface area contributed by atoms with Gasteiger partial charge in [0.15, 0.2) is 11.7 Å². The van der Waals surface area contributed by atoms with Crippen LogP contribution < -0.4 is 10.2 Å². The molecule has 3 aromatic rings. The van der Waals surface area contributed by atoms with Crippen LogP contribution in [0, 0.1) is 13.8 Å². The van der Waals surface area contributed by atoms with Crippen molar-refractivity contribution in [2.75, 3.05) is 4.90 Å². The molecule has 0 radical (unpaired) electrons. The van der Waals surface area contributed by atoms with Crippen molar-refractivity contribution in [3.05, 3.63) is 64.6 Å². The molecule has 2 amide bonds. The third-order valence-electron chi connectivity index (χ3n) is 4.99. The van der Waals surface area contributed by atoms with Crippen molar-refractivity contribution >= 4 is 29.0 Å². The first-order valence-corrected chi connectivity index (χ1v) is 10.6. The molecule has 3 rings (SSSR count). The number of benzene rings is 1. The Balaban J connectivity index is 2.13. The average molecular weight is 427 g/mol. The predicted octanol–water partition coefficient (Wildman–Crippen LogP) is 4.44. The van der Waals surface area contributed by atoms with E-state index in [0.717, 1.165) is 23.5 Å². The number of carbonyl (C=O) groups is 2. The maximum Gasteiger partial charge on any atom is 0.280 e. The fraction of sp³-hybridized carbons (Fsp3) is 0.364. The Kier molecular flexibility index (Phi) is 6.36. The van der Waals surface area contributed by atoms with Gasteiger partial charge >= 0.3 is 0 Å². The Bertz CT molecular complexity index is 1010. The van der Waals surface area contributed by atoms with Gasteiger partial charge in [0.1, 0.15) is 11.5 Å². The van der Waals surface area contributed by atoms with E-state index >= 15 is 0 Å². The molecule has 0 saturated heterocycles. The summed E-state index contributed by atoms with van der Waals surface area (Å²) in [4.78, 5) is 28.4. The van der Waals surface area contributed by atoms with E-state index in [1.165, 1.54) is 4.90 Å². The Morgan fingerprint density at radius 2 is 1.87 bits per heavy atom. The summed E-state index contributed by atoms with van der Waals surface area (Å²) < 4.78 is 9.63. The number of hydrogen-bond acceptors (Lipinski definition) is 6. The van der Waals surface area contributed by atoms with E-state index in [1.54, 1.807) is 24.4 Å². The van der Waals surface area contributed by atoms with Crippen LogP contribution in [0.3, 0.4) is 0 Å². The van der Waals surface area contributed by atoms with Crippen molar-refractivity contribution < 1.29 is 14.0 Å². The SMILES string of the molecule is CCC(C)(C)NC(=O)C(c1ccc(C)o1)N(C(=O)c1csnn1)c1ccc(C)cc1. The summed E-state index contributed by atoms with van der Waals surface area (Å²) in [6.07, 6.45) is 0.733. The minimum atomic E-state index is -0.999. The van der Waals surface area contributed by atoms with E-state index in [1.807, 2.05) is 52.0 Å². The summed E-state index contributed by atoms with van der Waals surface area (Å²) >= 11 is 1.08. The van der Waals surface area contributed by atoms with Gasteiger partial charge in [-0.2, -0.15) is 0 Å². The first-order valence-electron chi connectivity index (χ1n) is 9.77. The van der Waals surface area contributed by atoms with Gasteiger partial charge in [0.25, 0.3) is 11.8 Å². The molecule has 0 spiro atoms. The Labute approximate surface area is 180 Å². The molecular formula is C22H26N4O3S. The molecule has 0 aliphatic rings. The molecule has 0 aliphatic carbocycles. The topological polar surface area (TPSA) is 88.3 Å². The molecule has 8 heteroatoms. The van der Waals surface area contributed by atoms with Gasteiger partial charge in [-0.1, -0.05) is 29.1 Å². The summed E-state index contributed by atoms with van der Waals surface area (Å²) in [5.74, 6) is 0.294. The normalized spacial score (nSPS) is 12.4. The number of aromatic nitrogens is 2. The van der Waals surface area contributed by atoms with E-state index in [9.17, 15) is 9.59 Å². The monoisotopic (exact) mass is 426 g/mol. The second kappa shape index (κ2) is 8.79. The highest BCUT2D eigenvalue weighted by molar-refractivity contribution is 7.03. The van der Waals surface area contributed by atoms with Gasteiger partial charge in [0.2, 0.25) is 0 Å². The van der Waals surface area contributed by atoms with Gasteiger partial charge in [-0.15, -0.1) is 5.10 Å². The Morgan fingerprint density at radius 1 is 1.17 bits per heavy atom. The number of aryl methyl sites for hydroxylation is 2. The van der Waals surface area contributed by atoms with Crippen LogP contribution in [0.5, 0.6) is 0 Å². The molecule has 2 aromatic heterocycles. The Morgan fingerprint density at radius 3 is 2.40 bits per heavy atom. The third-order valence-corrected chi connectivity index (χ3v) is 5.50. The van der Waals surface area contributed by atoms with Crippen LogP contribution in [-0.2, 0) is 4.79 Å². The number of anilines is 1. The summed E-state index contributed by atoms with van der Waals surface area (Å²) in [5.41, 5.74) is 1.35. The molecule has 0 saturated carbocycles. The highest BCUT2D eigenvalue weighted by Crippen LogP contribution is 2.31. The van der Waals surface area contributed by atoms with Crippen LogP contribution in [-0.4, -0.2) is 26.9 Å². The summed E-state index contributed by atoms with van der Waals surface area (Å²) in [5, 5.41) is 8.55. The number of hydrogen-bond donors (Lipinski definition) is 1. The molecule has 1 unspecified atom stereocenters. The molecule has 30 heavy (non-hydrogen) atoms. The van der Waals surface area contributed by atoms with E-state index < -0.39 is 17.5 Å². The highest BCUT2D eigenvalue weighted by atomic mass is 32.1. The molecule has 1 atom stereocenters. The molecule has 2 heterocycles. The largest absolute Gasteiger partial charge is 0.464 e. The van der Waals surface area contributed by atoms with Gasteiger partial charge in [-0.05, 0) is 69.9 Å². The average Bonchev–Trinajstić information content (AvgIpc) is 3.38. The van der Waals surface area contributed by atoms with Crippen LogP contribution in [0.1, 0.15) is 60.8 Å². The minimum Gasteiger partial charge on any atom is -0.464 e. The van der Waals surface area contributed by atoms with Crippen LogP contribution in [0.2, 0.25) is 0 Å². The van der Waals surface area contributed by atoms with Crippen LogP contribution >= 0.6 is 11.5 Å². The van der Waals surface area contributed by atoms with Crippen molar-refractivity contribution in [3.8, 4) is 0 Å². The Hall–Kier alpha value is -3.00. The van der Waals surface area contributed by atoms with Gasteiger partial charge in [-0.3, -0.25) is 14.5 Å². The van der Waals surface area contributed by atoms with Gasteiger partial charge in [0.05, 0.1) is 0 Å². The zero-order chi connectivity index (χ0) is 21.9. The molecular weight excluding hydrogens is 400 g/mol. The molecule has 158 valence electrons. The van der Waals surface area contributed by atoms with Crippen LogP contribution in [0.4, 0.5) is 5.69 Å². The summed E-state index contributed by atoms with van der Waals surface area (Å²) in [6.45, 7) is 9.65. The summed E-state index contributed by atoms with van der Waals surface area (Å²) in [7, 11) is 0. The minimum absolute atomic E-state index is 0.177. The first-order chi connectivity index (χ1) is 14.2. The lowest BCUT2D eigenvalue weighted by atomic mass is 10.0. The van der Waals surface area contributed by atoms with Gasteiger partial charge < -0.3 is 9.73 Å². The van der Waals surface area contributed by atoms with Crippen molar-refractivity contribution in [1.29, 1.82) is 0 Å². The van der Waals surface area contributed by atoms with Crippen LogP contribution in [0.25, 0.3) is 0 Å². The predicted molar refractivity (Wildman–Crippen MR) is 117 cm³/mol. The third kappa shape index (κ3) is 4.76. The number of carbonyl (C=O) groups excluding carboxylic acids is 2. The number of rotatable bonds is 7. The van der Waals surface area contributed by atoms with E-state index in [-0.39, 0.29) is 11.6 Å². The lowest BCUT2D eigenvalue weighted by Crippen LogP contribution is -2.50.